The van der Waals surface area contributed by atoms with Gasteiger partial charge in [0, 0.05) is 30.8 Å². The Morgan fingerprint density at radius 1 is 1.29 bits per heavy atom. The highest BCUT2D eigenvalue weighted by atomic mass is 35.5. The predicted molar refractivity (Wildman–Crippen MR) is 80.6 cm³/mol. The average Bonchev–Trinajstić information content (AvgIpc) is 2.46. The molecule has 2 N–H and O–H groups in total. The highest BCUT2D eigenvalue weighted by Crippen LogP contribution is 2.28. The number of thioether (sulfide) groups is 1. The highest BCUT2D eigenvalue weighted by Gasteiger charge is 2.40. The number of amides is 1. The third kappa shape index (κ3) is 3.90. The number of hydrogen-bond donors (Lipinski definition) is 2. The summed E-state index contributed by atoms with van der Waals surface area (Å²) in [6.07, 6.45) is 0.121. The van der Waals surface area contributed by atoms with Crippen molar-refractivity contribution in [2.75, 3.05) is 18.8 Å². The molecule has 1 aromatic carbocycles. The van der Waals surface area contributed by atoms with Crippen molar-refractivity contribution in [3.05, 3.63) is 29.3 Å². The standard InChI is InChI=1S/C14H16ClNO4S/c15-10-3-1-2-4-11(10)21-9-12(17)16-7-5-14(20,6-8-16)13(18)19/h1-4,20H,5-9H2,(H,18,19). The lowest BCUT2D eigenvalue weighted by Gasteiger charge is -2.35. The van der Waals surface area contributed by atoms with Gasteiger partial charge >= 0.3 is 5.97 Å². The maximum atomic E-state index is 12.1. The first-order chi connectivity index (χ1) is 9.92. The second-order valence-electron chi connectivity index (χ2n) is 4.94. The van der Waals surface area contributed by atoms with Gasteiger partial charge in [-0.05, 0) is 12.1 Å². The van der Waals surface area contributed by atoms with Crippen molar-refractivity contribution >= 4 is 35.2 Å². The molecule has 1 fully saturated rings. The minimum atomic E-state index is -1.70. The van der Waals surface area contributed by atoms with Crippen LogP contribution in [0, 0.1) is 0 Å². The monoisotopic (exact) mass is 329 g/mol. The summed E-state index contributed by atoms with van der Waals surface area (Å²) in [5, 5.41) is 19.4. The molecule has 7 heteroatoms. The molecule has 21 heavy (non-hydrogen) atoms. The number of aliphatic carboxylic acids is 1. The van der Waals surface area contributed by atoms with E-state index in [0.717, 1.165) is 4.90 Å². The number of nitrogens with zero attached hydrogens (tertiary/aromatic N) is 1. The van der Waals surface area contributed by atoms with E-state index in [2.05, 4.69) is 0 Å². The summed E-state index contributed by atoms with van der Waals surface area (Å²) in [5.74, 6) is -1.05. The first kappa shape index (κ1) is 16.1. The quantitative estimate of drug-likeness (QED) is 0.825. The second kappa shape index (κ2) is 6.68. The summed E-state index contributed by atoms with van der Waals surface area (Å²) in [6.45, 7) is 0.509. The summed E-state index contributed by atoms with van der Waals surface area (Å²) >= 11 is 7.37. The van der Waals surface area contributed by atoms with Crippen LogP contribution in [0.4, 0.5) is 0 Å². The van der Waals surface area contributed by atoms with Gasteiger partial charge in [-0.1, -0.05) is 23.7 Å². The lowest BCUT2D eigenvalue weighted by molar-refractivity contribution is -0.165. The van der Waals surface area contributed by atoms with Crippen molar-refractivity contribution in [1.29, 1.82) is 0 Å². The lowest BCUT2D eigenvalue weighted by Crippen LogP contribution is -2.51. The van der Waals surface area contributed by atoms with E-state index in [4.69, 9.17) is 16.7 Å². The molecule has 114 valence electrons. The molecule has 0 saturated carbocycles. The van der Waals surface area contributed by atoms with Crippen LogP contribution in [0.25, 0.3) is 0 Å². The van der Waals surface area contributed by atoms with Crippen molar-refractivity contribution in [2.45, 2.75) is 23.3 Å². The van der Waals surface area contributed by atoms with Gasteiger partial charge in [0.15, 0.2) is 5.60 Å². The molecule has 0 bridgehead atoms. The Kier molecular flexibility index (Phi) is 5.13. The molecule has 0 aromatic heterocycles. The number of rotatable bonds is 4. The molecule has 1 aliphatic rings. The molecule has 0 radical (unpaired) electrons. The fourth-order valence-corrected chi connectivity index (χ4v) is 3.27. The fraction of sp³-hybridized carbons (Fsp3) is 0.429. The van der Waals surface area contributed by atoms with Gasteiger partial charge in [-0.15, -0.1) is 11.8 Å². The summed E-state index contributed by atoms with van der Waals surface area (Å²) in [5.41, 5.74) is -1.70. The molecular formula is C14H16ClNO4S. The largest absolute Gasteiger partial charge is 0.479 e. The molecule has 5 nitrogen and oxygen atoms in total. The van der Waals surface area contributed by atoms with Gasteiger partial charge in [-0.3, -0.25) is 4.79 Å². The Morgan fingerprint density at radius 2 is 1.90 bits per heavy atom. The Balaban J connectivity index is 1.86. The van der Waals surface area contributed by atoms with Gasteiger partial charge in [0.2, 0.25) is 5.91 Å². The normalized spacial score (nSPS) is 17.5. The molecule has 1 amide bonds. The summed E-state index contributed by atoms with van der Waals surface area (Å²) in [7, 11) is 0. The van der Waals surface area contributed by atoms with Gasteiger partial charge in [0.05, 0.1) is 10.8 Å². The zero-order valence-corrected chi connectivity index (χ0v) is 12.9. The second-order valence-corrected chi connectivity index (χ2v) is 6.36. The number of aliphatic hydroxyl groups is 1. The van der Waals surface area contributed by atoms with Crippen LogP contribution in [0.3, 0.4) is 0 Å². The number of carboxylic acid groups (broad SMARTS) is 1. The lowest BCUT2D eigenvalue weighted by atomic mass is 9.92. The molecule has 1 aromatic rings. The van der Waals surface area contributed by atoms with Crippen LogP contribution in [-0.2, 0) is 9.59 Å². The van der Waals surface area contributed by atoms with Crippen molar-refractivity contribution in [2.24, 2.45) is 0 Å². The van der Waals surface area contributed by atoms with Crippen LogP contribution < -0.4 is 0 Å². The minimum absolute atomic E-state index is 0.0604. The number of hydrogen-bond acceptors (Lipinski definition) is 4. The average molecular weight is 330 g/mol. The molecule has 0 spiro atoms. The fourth-order valence-electron chi connectivity index (χ4n) is 2.13. The van der Waals surface area contributed by atoms with Crippen molar-refractivity contribution in [3.63, 3.8) is 0 Å². The number of likely N-dealkylation sites (tertiary alicyclic amines) is 1. The van der Waals surface area contributed by atoms with Crippen molar-refractivity contribution in [1.82, 2.24) is 4.90 Å². The molecule has 0 atom stereocenters. The van der Waals surface area contributed by atoms with Crippen molar-refractivity contribution in [3.8, 4) is 0 Å². The molecule has 1 heterocycles. The smallest absolute Gasteiger partial charge is 0.335 e. The Hall–Kier alpha value is -1.24. The molecule has 0 aliphatic carbocycles. The SMILES string of the molecule is O=C(CSc1ccccc1Cl)N1CCC(O)(C(=O)O)CC1. The Morgan fingerprint density at radius 3 is 2.48 bits per heavy atom. The predicted octanol–water partition coefficient (Wildman–Crippen LogP) is 1.87. The molecule has 0 unspecified atom stereocenters. The number of benzene rings is 1. The van der Waals surface area contributed by atoms with E-state index < -0.39 is 11.6 Å². The maximum absolute atomic E-state index is 12.1. The topological polar surface area (TPSA) is 77.8 Å². The third-order valence-corrected chi connectivity index (χ3v) is 5.03. The summed E-state index contributed by atoms with van der Waals surface area (Å²) < 4.78 is 0. The van der Waals surface area contributed by atoms with E-state index >= 15 is 0 Å². The van der Waals surface area contributed by atoms with Crippen LogP contribution in [0.2, 0.25) is 5.02 Å². The minimum Gasteiger partial charge on any atom is -0.479 e. The number of halogens is 1. The zero-order chi connectivity index (χ0) is 15.5. The van der Waals surface area contributed by atoms with Crippen molar-refractivity contribution < 1.29 is 19.8 Å². The highest BCUT2D eigenvalue weighted by molar-refractivity contribution is 8.00. The number of carboxylic acids is 1. The Labute approximate surface area is 131 Å². The van der Waals surface area contributed by atoms with Crippen LogP contribution >= 0.6 is 23.4 Å². The molecular weight excluding hydrogens is 314 g/mol. The summed E-state index contributed by atoms with van der Waals surface area (Å²) in [4.78, 5) is 25.4. The van der Waals surface area contributed by atoms with Crippen LogP contribution in [0.1, 0.15) is 12.8 Å². The van der Waals surface area contributed by atoms with E-state index in [1.54, 1.807) is 11.0 Å². The number of carbonyl (C=O) groups excluding carboxylic acids is 1. The van der Waals surface area contributed by atoms with E-state index in [1.807, 2.05) is 18.2 Å². The van der Waals surface area contributed by atoms with E-state index in [9.17, 15) is 14.7 Å². The zero-order valence-electron chi connectivity index (χ0n) is 11.3. The molecule has 1 saturated heterocycles. The van der Waals surface area contributed by atoms with E-state index in [0.29, 0.717) is 5.02 Å². The number of carbonyl (C=O) groups is 2. The van der Waals surface area contributed by atoms with Gasteiger partial charge < -0.3 is 15.1 Å². The van der Waals surface area contributed by atoms with Crippen LogP contribution in [0.15, 0.2) is 29.2 Å². The van der Waals surface area contributed by atoms with E-state index in [-0.39, 0.29) is 37.6 Å². The molecule has 2 rings (SSSR count). The Bertz CT molecular complexity index is 544. The first-order valence-electron chi connectivity index (χ1n) is 6.53. The van der Waals surface area contributed by atoms with Crippen LogP contribution in [0.5, 0.6) is 0 Å². The first-order valence-corrected chi connectivity index (χ1v) is 7.89. The van der Waals surface area contributed by atoms with Crippen LogP contribution in [-0.4, -0.2) is 51.4 Å². The maximum Gasteiger partial charge on any atom is 0.335 e. The van der Waals surface area contributed by atoms with E-state index in [1.165, 1.54) is 11.8 Å². The third-order valence-electron chi connectivity index (χ3n) is 3.53. The summed E-state index contributed by atoms with van der Waals surface area (Å²) in [6, 6.07) is 7.29. The van der Waals surface area contributed by atoms with Gasteiger partial charge in [0.25, 0.3) is 0 Å². The van der Waals surface area contributed by atoms with Gasteiger partial charge in [-0.2, -0.15) is 0 Å². The number of piperidine rings is 1. The van der Waals surface area contributed by atoms with Gasteiger partial charge in [-0.25, -0.2) is 4.79 Å². The molecule has 1 aliphatic heterocycles. The van der Waals surface area contributed by atoms with Gasteiger partial charge in [0.1, 0.15) is 0 Å².